The number of carbonyl (C=O) groups excluding carboxylic acids is 1. The van der Waals surface area contributed by atoms with E-state index >= 15 is 0 Å². The normalized spacial score (nSPS) is 19.5. The lowest BCUT2D eigenvalue weighted by Gasteiger charge is -2.38. The summed E-state index contributed by atoms with van der Waals surface area (Å²) in [6, 6.07) is 12.6. The molecule has 0 saturated heterocycles. The van der Waals surface area contributed by atoms with Gasteiger partial charge in [0.25, 0.3) is 5.91 Å². The minimum Gasteiger partial charge on any atom is -0.481 e. The Morgan fingerprint density at radius 3 is 2.79 bits per heavy atom. The van der Waals surface area contributed by atoms with E-state index in [1.807, 2.05) is 30.5 Å². The van der Waals surface area contributed by atoms with E-state index in [-0.39, 0.29) is 24.0 Å². The van der Waals surface area contributed by atoms with E-state index in [1.165, 1.54) is 0 Å². The number of ether oxygens (including phenoxy) is 1. The van der Waals surface area contributed by atoms with Crippen LogP contribution in [0, 0.1) is 5.92 Å². The summed E-state index contributed by atoms with van der Waals surface area (Å²) in [6.45, 7) is 0. The van der Waals surface area contributed by atoms with Crippen molar-refractivity contribution in [2.24, 2.45) is 5.92 Å². The molecule has 7 nitrogen and oxygen atoms in total. The highest BCUT2D eigenvalue weighted by molar-refractivity contribution is 5.95. The second-order valence-electron chi connectivity index (χ2n) is 6.97. The Morgan fingerprint density at radius 2 is 2.14 bits per heavy atom. The molecule has 1 saturated carbocycles. The molecule has 4 rings (SSSR count). The van der Waals surface area contributed by atoms with Crippen LogP contribution in [0.3, 0.4) is 0 Å². The summed E-state index contributed by atoms with van der Waals surface area (Å²) in [6.07, 6.45) is 6.25. The van der Waals surface area contributed by atoms with Crippen LogP contribution in [0.15, 0.2) is 61.1 Å². The highest BCUT2D eigenvalue weighted by atomic mass is 16.5. The molecule has 1 aliphatic carbocycles. The molecule has 28 heavy (non-hydrogen) atoms. The number of benzene rings is 1. The van der Waals surface area contributed by atoms with Gasteiger partial charge in [0.05, 0.1) is 24.9 Å². The Hall–Kier alpha value is -3.19. The average molecular weight is 378 g/mol. The van der Waals surface area contributed by atoms with Crippen LogP contribution in [-0.4, -0.2) is 39.0 Å². The summed E-state index contributed by atoms with van der Waals surface area (Å²) < 4.78 is 6.83. The molecular formula is C21H22N4O3. The Bertz CT molecular complexity index is 935. The molecule has 1 aromatic carbocycles. The van der Waals surface area contributed by atoms with Gasteiger partial charge in [0.15, 0.2) is 0 Å². The van der Waals surface area contributed by atoms with Crippen LogP contribution in [-0.2, 0) is 0 Å². The van der Waals surface area contributed by atoms with E-state index in [4.69, 9.17) is 4.74 Å². The lowest BCUT2D eigenvalue weighted by atomic mass is 9.75. The smallest absolute Gasteiger partial charge is 0.251 e. The zero-order chi connectivity index (χ0) is 19.5. The zero-order valence-corrected chi connectivity index (χ0v) is 15.5. The molecule has 0 spiro atoms. The molecule has 0 bridgehead atoms. The number of amides is 1. The second kappa shape index (κ2) is 7.82. The molecule has 2 N–H and O–H groups in total. The summed E-state index contributed by atoms with van der Waals surface area (Å²) in [5.74, 6) is 0.522. The second-order valence-corrected chi connectivity index (χ2v) is 6.97. The molecule has 1 atom stereocenters. The Kier molecular flexibility index (Phi) is 5.08. The first-order valence-corrected chi connectivity index (χ1v) is 9.23. The molecule has 7 heteroatoms. The van der Waals surface area contributed by atoms with Crippen LogP contribution in [0.5, 0.6) is 5.88 Å². The van der Waals surface area contributed by atoms with E-state index in [9.17, 15) is 9.90 Å². The molecule has 2 aromatic heterocycles. The molecular weight excluding hydrogens is 356 g/mol. The van der Waals surface area contributed by atoms with Crippen LogP contribution in [0.4, 0.5) is 0 Å². The average Bonchev–Trinajstić information content (AvgIpc) is 3.25. The van der Waals surface area contributed by atoms with Gasteiger partial charge in [-0.05, 0) is 48.6 Å². The first-order valence-electron chi connectivity index (χ1n) is 9.23. The first kappa shape index (κ1) is 18.2. The number of rotatable bonds is 6. The van der Waals surface area contributed by atoms with Gasteiger partial charge < -0.3 is 15.2 Å². The van der Waals surface area contributed by atoms with Crippen molar-refractivity contribution in [3.05, 3.63) is 72.2 Å². The number of nitrogens with zero attached hydrogens (tertiary/aromatic N) is 3. The van der Waals surface area contributed by atoms with Crippen molar-refractivity contribution in [1.82, 2.24) is 20.1 Å². The lowest BCUT2D eigenvalue weighted by molar-refractivity contribution is 0.0234. The van der Waals surface area contributed by atoms with Crippen LogP contribution in [0.2, 0.25) is 0 Å². The van der Waals surface area contributed by atoms with Gasteiger partial charge in [0, 0.05) is 30.2 Å². The molecule has 0 aliphatic heterocycles. The van der Waals surface area contributed by atoms with Gasteiger partial charge in [-0.2, -0.15) is 5.10 Å². The topological polar surface area (TPSA) is 89.3 Å². The fourth-order valence-electron chi connectivity index (χ4n) is 3.51. The van der Waals surface area contributed by atoms with E-state index in [2.05, 4.69) is 15.4 Å². The van der Waals surface area contributed by atoms with Crippen LogP contribution in [0.25, 0.3) is 5.69 Å². The highest BCUT2D eigenvalue weighted by Crippen LogP contribution is 2.38. The van der Waals surface area contributed by atoms with Crippen LogP contribution >= 0.6 is 0 Å². The zero-order valence-electron chi connectivity index (χ0n) is 15.5. The summed E-state index contributed by atoms with van der Waals surface area (Å²) in [5.41, 5.74) is 2.27. The Balaban J connectivity index is 1.56. The fourth-order valence-corrected chi connectivity index (χ4v) is 3.51. The van der Waals surface area contributed by atoms with Gasteiger partial charge in [-0.25, -0.2) is 9.67 Å². The maximum atomic E-state index is 13.0. The highest BCUT2D eigenvalue weighted by Gasteiger charge is 2.36. The number of aliphatic hydroxyl groups excluding tert-OH is 1. The third-order valence-corrected chi connectivity index (χ3v) is 5.11. The van der Waals surface area contributed by atoms with Crippen LogP contribution in [0.1, 0.15) is 34.8 Å². The quantitative estimate of drug-likeness (QED) is 0.688. The minimum atomic E-state index is -0.307. The summed E-state index contributed by atoms with van der Waals surface area (Å²) >= 11 is 0. The largest absolute Gasteiger partial charge is 0.481 e. The standard InChI is InChI=1S/C21H22N4O3/c1-28-19-7-6-15(13-22-19)20(16-11-18(26)12-16)24-21(27)14-4-2-5-17(10-14)25-9-3-8-23-25/h2-10,13,16,18,20,26H,11-12H2,1H3,(H,24,27)/t16?,18?,20-/m1/s1. The number of pyridine rings is 1. The number of carbonyl (C=O) groups is 1. The molecule has 0 unspecified atom stereocenters. The third kappa shape index (κ3) is 3.75. The van der Waals surface area contributed by atoms with Gasteiger partial charge in [-0.3, -0.25) is 4.79 Å². The van der Waals surface area contributed by atoms with Gasteiger partial charge in [0.1, 0.15) is 0 Å². The van der Waals surface area contributed by atoms with Crippen molar-refractivity contribution in [2.45, 2.75) is 25.0 Å². The molecule has 144 valence electrons. The number of hydrogen-bond acceptors (Lipinski definition) is 5. The molecule has 1 aliphatic rings. The van der Waals surface area contributed by atoms with E-state index in [0.29, 0.717) is 24.3 Å². The van der Waals surface area contributed by atoms with Crippen molar-refractivity contribution >= 4 is 5.91 Å². The predicted molar refractivity (Wildman–Crippen MR) is 103 cm³/mol. The van der Waals surface area contributed by atoms with Crippen molar-refractivity contribution < 1.29 is 14.6 Å². The van der Waals surface area contributed by atoms with Gasteiger partial charge >= 0.3 is 0 Å². The number of nitrogens with one attached hydrogen (secondary N) is 1. The van der Waals surface area contributed by atoms with E-state index in [1.54, 1.807) is 42.4 Å². The SMILES string of the molecule is COc1ccc([C@@H](NC(=O)c2cccc(-n3cccn3)c2)C2CC(O)C2)cn1. The van der Waals surface area contributed by atoms with Crippen molar-refractivity contribution in [2.75, 3.05) is 7.11 Å². The molecule has 2 heterocycles. The Morgan fingerprint density at radius 1 is 1.29 bits per heavy atom. The van der Waals surface area contributed by atoms with E-state index < -0.39 is 0 Å². The molecule has 3 aromatic rings. The molecule has 0 radical (unpaired) electrons. The maximum Gasteiger partial charge on any atom is 0.251 e. The minimum absolute atomic E-state index is 0.170. The van der Waals surface area contributed by atoms with Crippen molar-refractivity contribution in [3.63, 3.8) is 0 Å². The maximum absolute atomic E-state index is 13.0. The van der Waals surface area contributed by atoms with Crippen LogP contribution < -0.4 is 10.1 Å². The number of methoxy groups -OCH3 is 1. The molecule has 1 fully saturated rings. The molecule has 1 amide bonds. The van der Waals surface area contributed by atoms with Gasteiger partial charge in [-0.15, -0.1) is 0 Å². The van der Waals surface area contributed by atoms with Gasteiger partial charge in [-0.1, -0.05) is 12.1 Å². The number of aromatic nitrogens is 3. The first-order chi connectivity index (χ1) is 13.6. The third-order valence-electron chi connectivity index (χ3n) is 5.11. The predicted octanol–water partition coefficient (Wildman–Crippen LogP) is 2.52. The van der Waals surface area contributed by atoms with Crippen molar-refractivity contribution in [3.8, 4) is 11.6 Å². The number of hydrogen-bond donors (Lipinski definition) is 2. The number of aliphatic hydroxyl groups is 1. The summed E-state index contributed by atoms with van der Waals surface area (Å²) in [5, 5.41) is 17.1. The summed E-state index contributed by atoms with van der Waals surface area (Å²) in [7, 11) is 1.57. The summed E-state index contributed by atoms with van der Waals surface area (Å²) in [4.78, 5) is 17.2. The monoisotopic (exact) mass is 378 g/mol. The Labute approximate surface area is 163 Å². The van der Waals surface area contributed by atoms with E-state index in [0.717, 1.165) is 11.3 Å². The fraction of sp³-hybridized carbons (Fsp3) is 0.286. The lowest BCUT2D eigenvalue weighted by Crippen LogP contribution is -2.41. The van der Waals surface area contributed by atoms with Gasteiger partial charge in [0.2, 0.25) is 5.88 Å². The van der Waals surface area contributed by atoms with Crippen molar-refractivity contribution in [1.29, 1.82) is 0 Å².